The Morgan fingerprint density at radius 1 is 0.354 bits per heavy atom. The third kappa shape index (κ3) is 65.1. The van der Waals surface area contributed by atoms with Crippen LogP contribution in [0.2, 0.25) is 0 Å². The maximum atomic E-state index is 12.5. The van der Waals surface area contributed by atoms with Crippen molar-refractivity contribution >= 4 is 11.9 Å². The first-order valence-corrected chi connectivity index (χ1v) is 35.7. The van der Waals surface area contributed by atoms with Crippen molar-refractivity contribution in [2.24, 2.45) is 0 Å². The Morgan fingerprint density at radius 3 is 1.00 bits per heavy atom. The van der Waals surface area contributed by atoms with E-state index < -0.39 is 12.1 Å². The highest BCUT2D eigenvalue weighted by molar-refractivity contribution is 5.76. The first-order valence-electron chi connectivity index (χ1n) is 35.7. The van der Waals surface area contributed by atoms with Crippen LogP contribution in [0.5, 0.6) is 0 Å². The second-order valence-corrected chi connectivity index (χ2v) is 24.6. The molecule has 466 valence electrons. The highest BCUT2D eigenvalue weighted by Crippen LogP contribution is 2.19. The average Bonchev–Trinajstić information content (AvgIpc) is 3.45. The minimum atomic E-state index is -0.667. The summed E-state index contributed by atoms with van der Waals surface area (Å²) < 4.78 is 5.50. The minimum absolute atomic E-state index is 0.00712. The summed E-state index contributed by atoms with van der Waals surface area (Å²) in [5.41, 5.74) is 0. The summed E-state index contributed by atoms with van der Waals surface area (Å²) in [6, 6.07) is -0.544. The monoisotopic (exact) mass is 1110 g/mol. The Morgan fingerprint density at radius 2 is 0.633 bits per heavy atom. The molecule has 2 atom stereocenters. The summed E-state index contributed by atoms with van der Waals surface area (Å²) in [7, 11) is 0. The zero-order valence-electron chi connectivity index (χ0n) is 53.4. The molecule has 3 N–H and O–H groups in total. The summed E-state index contributed by atoms with van der Waals surface area (Å²) in [5.74, 6) is -0.0262. The molecule has 0 aromatic rings. The van der Waals surface area contributed by atoms with Crippen LogP contribution >= 0.6 is 0 Å². The highest BCUT2D eigenvalue weighted by atomic mass is 16.5. The van der Waals surface area contributed by atoms with Gasteiger partial charge in [-0.1, -0.05) is 333 Å². The molecule has 0 saturated heterocycles. The first-order chi connectivity index (χ1) is 39.0. The van der Waals surface area contributed by atoms with Gasteiger partial charge in [-0.15, -0.1) is 0 Å². The van der Waals surface area contributed by atoms with E-state index in [2.05, 4.69) is 55.6 Å². The topological polar surface area (TPSA) is 95.9 Å². The van der Waals surface area contributed by atoms with Gasteiger partial charge in [0, 0.05) is 12.8 Å². The number of carbonyl (C=O) groups is 2. The Balaban J connectivity index is 3.39. The van der Waals surface area contributed by atoms with E-state index in [9.17, 15) is 19.8 Å². The average molecular weight is 1110 g/mol. The number of ether oxygens (including phenoxy) is 1. The number of amides is 1. The van der Waals surface area contributed by atoms with Gasteiger partial charge >= 0.3 is 5.97 Å². The van der Waals surface area contributed by atoms with E-state index in [1.165, 1.54) is 308 Å². The van der Waals surface area contributed by atoms with Crippen LogP contribution in [0.15, 0.2) is 36.5 Å². The number of rotatable bonds is 67. The molecule has 6 nitrogen and oxygen atoms in total. The van der Waals surface area contributed by atoms with Gasteiger partial charge in [0.05, 0.1) is 25.4 Å². The van der Waals surface area contributed by atoms with Gasteiger partial charge in [0.1, 0.15) is 0 Å². The fourth-order valence-electron chi connectivity index (χ4n) is 11.2. The Labute approximate surface area is 494 Å². The molecule has 0 spiro atoms. The van der Waals surface area contributed by atoms with Crippen LogP contribution in [0.4, 0.5) is 0 Å². The summed E-state index contributed by atoms with van der Waals surface area (Å²) in [5, 5.41) is 23.4. The zero-order chi connectivity index (χ0) is 57.1. The fraction of sp³-hybridized carbons (Fsp3) is 0.890. The Hall–Kier alpha value is -1.92. The molecule has 1 amide bonds. The van der Waals surface area contributed by atoms with Crippen LogP contribution in [0.1, 0.15) is 393 Å². The molecule has 6 heteroatoms. The lowest BCUT2D eigenvalue weighted by Crippen LogP contribution is -2.45. The lowest BCUT2D eigenvalue weighted by molar-refractivity contribution is -0.143. The summed E-state index contributed by atoms with van der Waals surface area (Å²) in [6.45, 7) is 4.96. The van der Waals surface area contributed by atoms with Crippen LogP contribution in [-0.2, 0) is 14.3 Å². The van der Waals surface area contributed by atoms with Gasteiger partial charge in [0.2, 0.25) is 5.91 Å². The molecule has 0 saturated carbocycles. The number of allylic oxidation sites excluding steroid dienone is 6. The van der Waals surface area contributed by atoms with Crippen LogP contribution in [0.3, 0.4) is 0 Å². The van der Waals surface area contributed by atoms with Gasteiger partial charge in [-0.05, 0) is 83.5 Å². The normalized spacial score (nSPS) is 12.7. The number of carbonyl (C=O) groups excluding carboxylic acids is 2. The first kappa shape index (κ1) is 77.1. The number of nitrogens with one attached hydrogen (secondary N) is 1. The molecular formula is C73H139NO5. The summed E-state index contributed by atoms with van der Waals surface area (Å²) in [4.78, 5) is 24.6. The summed E-state index contributed by atoms with van der Waals surface area (Å²) in [6.07, 6.45) is 87.6. The maximum absolute atomic E-state index is 12.5. The quantitative estimate of drug-likeness (QED) is 0.0320. The van der Waals surface area contributed by atoms with E-state index in [-0.39, 0.29) is 18.5 Å². The molecule has 0 aromatic heterocycles. The van der Waals surface area contributed by atoms with Gasteiger partial charge < -0.3 is 20.3 Å². The van der Waals surface area contributed by atoms with Crippen molar-refractivity contribution in [3.8, 4) is 0 Å². The second-order valence-electron chi connectivity index (χ2n) is 24.6. The van der Waals surface area contributed by atoms with E-state index in [0.29, 0.717) is 25.9 Å². The number of unbranched alkanes of at least 4 members (excludes halogenated alkanes) is 50. The third-order valence-corrected chi connectivity index (χ3v) is 16.7. The molecule has 0 radical (unpaired) electrons. The number of aliphatic hydroxyl groups excluding tert-OH is 2. The smallest absolute Gasteiger partial charge is 0.305 e. The van der Waals surface area contributed by atoms with Crippen molar-refractivity contribution in [2.45, 2.75) is 405 Å². The maximum Gasteiger partial charge on any atom is 0.305 e. The van der Waals surface area contributed by atoms with Gasteiger partial charge in [0.15, 0.2) is 0 Å². The molecule has 0 aliphatic carbocycles. The van der Waals surface area contributed by atoms with Crippen LogP contribution in [0.25, 0.3) is 0 Å². The zero-order valence-corrected chi connectivity index (χ0v) is 53.4. The molecule has 0 heterocycles. The van der Waals surface area contributed by atoms with E-state index in [0.717, 1.165) is 51.4 Å². The molecule has 0 aromatic carbocycles. The largest absolute Gasteiger partial charge is 0.466 e. The van der Waals surface area contributed by atoms with Gasteiger partial charge in [-0.3, -0.25) is 9.59 Å². The van der Waals surface area contributed by atoms with Crippen LogP contribution < -0.4 is 5.32 Å². The second kappa shape index (κ2) is 68.6. The minimum Gasteiger partial charge on any atom is -0.466 e. The van der Waals surface area contributed by atoms with Crippen LogP contribution in [0, 0.1) is 0 Å². The lowest BCUT2D eigenvalue weighted by Gasteiger charge is -2.22. The van der Waals surface area contributed by atoms with Crippen LogP contribution in [-0.4, -0.2) is 47.4 Å². The van der Waals surface area contributed by atoms with E-state index in [1.54, 1.807) is 0 Å². The molecule has 0 bridgehead atoms. The van der Waals surface area contributed by atoms with E-state index in [4.69, 9.17) is 4.74 Å². The van der Waals surface area contributed by atoms with Gasteiger partial charge in [0.25, 0.3) is 0 Å². The molecular weight excluding hydrogens is 971 g/mol. The third-order valence-electron chi connectivity index (χ3n) is 16.7. The van der Waals surface area contributed by atoms with Crippen molar-refractivity contribution in [3.63, 3.8) is 0 Å². The van der Waals surface area contributed by atoms with Crippen molar-refractivity contribution < 1.29 is 24.5 Å². The Bertz CT molecular complexity index is 1280. The molecule has 0 rings (SSSR count). The number of esters is 1. The predicted octanol–water partition coefficient (Wildman–Crippen LogP) is 23.1. The van der Waals surface area contributed by atoms with Crippen molar-refractivity contribution in [1.29, 1.82) is 0 Å². The number of hydrogen-bond acceptors (Lipinski definition) is 5. The fourth-order valence-corrected chi connectivity index (χ4v) is 11.2. The van der Waals surface area contributed by atoms with E-state index in [1.807, 2.05) is 0 Å². The molecule has 79 heavy (non-hydrogen) atoms. The number of aliphatic hydroxyl groups is 2. The standard InChI is InChI=1S/C73H139NO5/c1-3-5-7-9-11-13-15-17-19-21-30-34-37-41-45-49-53-57-61-65-71(76)70(69-75)74-72(77)66-62-58-54-50-46-42-38-35-31-28-26-24-22-23-25-27-29-32-36-40-44-48-52-56-60-64-68-79-73(78)67-63-59-55-51-47-43-39-33-20-18-16-14-12-10-8-6-4-2/h12,14,18,20,22,24,70-71,75-76H,3-11,13,15-17,19,21,23,25-69H2,1-2H3,(H,74,77)/b14-12-,20-18-,24-22-. The van der Waals surface area contributed by atoms with Gasteiger partial charge in [-0.2, -0.15) is 0 Å². The molecule has 0 aliphatic rings. The van der Waals surface area contributed by atoms with Crippen molar-refractivity contribution in [3.05, 3.63) is 36.5 Å². The SMILES string of the molecule is CCCCC/C=C\C/C=C\CCCCCCCCCC(=O)OCCCCCCCCCCCCCC/C=C\CCCCCCCCCCCCC(=O)NC(CO)C(O)CCCCCCCCCCCCCCCCCCCCC. The predicted molar refractivity (Wildman–Crippen MR) is 347 cm³/mol. The van der Waals surface area contributed by atoms with Crippen molar-refractivity contribution in [2.75, 3.05) is 13.2 Å². The lowest BCUT2D eigenvalue weighted by atomic mass is 10.0. The number of hydrogen-bond donors (Lipinski definition) is 3. The van der Waals surface area contributed by atoms with Gasteiger partial charge in [-0.25, -0.2) is 0 Å². The highest BCUT2D eigenvalue weighted by Gasteiger charge is 2.20. The molecule has 0 aliphatic heterocycles. The van der Waals surface area contributed by atoms with E-state index >= 15 is 0 Å². The van der Waals surface area contributed by atoms with Crippen molar-refractivity contribution in [1.82, 2.24) is 5.32 Å². The molecule has 0 fully saturated rings. The summed E-state index contributed by atoms with van der Waals surface area (Å²) >= 11 is 0. The Kier molecular flexibility index (Phi) is 66.9. The molecule has 2 unspecified atom stereocenters.